The van der Waals surface area contributed by atoms with Crippen LogP contribution in [0.25, 0.3) is 32.7 Å². The summed E-state index contributed by atoms with van der Waals surface area (Å²) in [6.07, 6.45) is -3.99. The number of guanidine groups is 2. The molecule has 40 nitrogen and oxygen atoms in total. The lowest BCUT2D eigenvalue weighted by atomic mass is 9.87. The fraction of sp³-hybridized carbons (Fsp3) is 0.455. The lowest BCUT2D eigenvalue weighted by molar-refractivity contribution is -0.146. The maximum Gasteiger partial charge on any atom is 0.328 e. The van der Waals surface area contributed by atoms with Gasteiger partial charge in [-0.3, -0.25) is 82.7 Å². The van der Waals surface area contributed by atoms with E-state index in [1.807, 2.05) is 18.2 Å². The first kappa shape index (κ1) is 108. The molecule has 41 heteroatoms. The zero-order valence-corrected chi connectivity index (χ0v) is 79.0. The molecule has 2 saturated heterocycles. The summed E-state index contributed by atoms with van der Waals surface area (Å²) in [7, 11) is 0. The van der Waals surface area contributed by atoms with Crippen molar-refractivity contribution >= 4 is 151 Å². The maximum absolute atomic E-state index is 16.0. The summed E-state index contributed by atoms with van der Waals surface area (Å²) in [5.74, 6) is -23.0. The van der Waals surface area contributed by atoms with E-state index >= 15 is 47.9 Å². The Kier molecular flexibility index (Phi) is 41.1. The fourth-order valence-corrected chi connectivity index (χ4v) is 18.1. The lowest BCUT2D eigenvalue weighted by Gasteiger charge is -2.30. The first-order valence-corrected chi connectivity index (χ1v) is 47.7. The average Bonchev–Trinajstić information content (AvgIpc) is 1.67. The molecule has 8 aromatic rings. The van der Waals surface area contributed by atoms with E-state index in [-0.39, 0.29) is 128 Å². The van der Waals surface area contributed by atoms with Gasteiger partial charge in [0.25, 0.3) is 0 Å². The third kappa shape index (κ3) is 31.5. The largest absolute Gasteiger partial charge is 0.480 e. The highest BCUT2D eigenvalue weighted by molar-refractivity contribution is 7.80. The van der Waals surface area contributed by atoms with Crippen LogP contribution in [-0.4, -0.2) is 262 Å². The molecule has 2 aliphatic rings. The number of aliphatic carboxylic acids is 1. The molecule has 3 aromatic heterocycles. The number of ketones is 5. The number of carboxylic acid groups (broad SMARTS) is 1. The summed E-state index contributed by atoms with van der Waals surface area (Å²) in [6, 6.07) is 22.4. The Morgan fingerprint density at radius 3 is 1.58 bits per heavy atom. The number of thiol groups is 1. The molecule has 25 N–H and O–H groups in total. The predicted molar refractivity (Wildman–Crippen MR) is 521 cm³/mol. The van der Waals surface area contributed by atoms with Crippen molar-refractivity contribution in [3.05, 3.63) is 180 Å². The molecule has 2 aliphatic heterocycles. The monoisotopic (exact) mass is 1950 g/mol. The van der Waals surface area contributed by atoms with Gasteiger partial charge in [0, 0.05) is 146 Å². The molecule has 16 atom stereocenters. The van der Waals surface area contributed by atoms with Crippen LogP contribution in [0.4, 0.5) is 0 Å². The van der Waals surface area contributed by atoms with E-state index in [2.05, 4.69) is 86.1 Å². The Morgan fingerprint density at radius 1 is 0.500 bits per heavy atom. The highest BCUT2D eigenvalue weighted by Crippen LogP contribution is 2.31. The van der Waals surface area contributed by atoms with Crippen molar-refractivity contribution in [3.8, 4) is 0 Å². The summed E-state index contributed by atoms with van der Waals surface area (Å²) >= 11 is 4.42. The van der Waals surface area contributed by atoms with Crippen molar-refractivity contribution in [1.29, 1.82) is 10.8 Å². The minimum Gasteiger partial charge on any atom is -0.480 e. The number of hydrogen-bond acceptors (Lipinski definition) is 23. The van der Waals surface area contributed by atoms with Gasteiger partial charge >= 0.3 is 5.97 Å². The maximum atomic E-state index is 16.0. The third-order valence-electron chi connectivity index (χ3n) is 25.4. The first-order chi connectivity index (χ1) is 67.1. The summed E-state index contributed by atoms with van der Waals surface area (Å²) in [4.78, 5) is 249. The second-order valence-electron chi connectivity index (χ2n) is 35.8. The van der Waals surface area contributed by atoms with E-state index in [0.29, 0.717) is 55.1 Å². The van der Waals surface area contributed by atoms with Gasteiger partial charge in [-0.2, -0.15) is 12.6 Å². The van der Waals surface area contributed by atoms with Gasteiger partial charge in [-0.05, 0) is 124 Å². The predicted octanol–water partition coefficient (Wildman–Crippen LogP) is 1.51. The number of nitrogens with two attached hydrogens (primary N) is 2. The summed E-state index contributed by atoms with van der Waals surface area (Å²) < 4.78 is 0. The van der Waals surface area contributed by atoms with Crippen molar-refractivity contribution in [2.45, 2.75) is 221 Å². The second-order valence-corrected chi connectivity index (χ2v) is 36.2. The summed E-state index contributed by atoms with van der Waals surface area (Å²) in [5.41, 5.74) is 15.9. The number of carbonyl (C=O) groups excluding carboxylic acids is 15. The second kappa shape index (κ2) is 53.2. The minimum atomic E-state index is -1.87. The number of H-pyrrole nitrogens is 3. The van der Waals surface area contributed by atoms with E-state index in [4.69, 9.17) is 22.3 Å². The number of rotatable bonds is 32. The zero-order valence-electron chi connectivity index (χ0n) is 78.1. The van der Waals surface area contributed by atoms with Crippen LogP contribution in [0.5, 0.6) is 0 Å². The van der Waals surface area contributed by atoms with E-state index in [9.17, 15) is 54.3 Å². The fourth-order valence-electron chi connectivity index (χ4n) is 17.8. The molecule has 0 radical (unpaired) electrons. The van der Waals surface area contributed by atoms with Crippen molar-refractivity contribution in [1.82, 2.24) is 78.3 Å². The molecule has 0 aliphatic carbocycles. The highest BCUT2D eigenvalue weighted by atomic mass is 32.1. The Labute approximate surface area is 813 Å². The van der Waals surface area contributed by atoms with Crippen molar-refractivity contribution < 1.29 is 102 Å². The van der Waals surface area contributed by atoms with Crippen molar-refractivity contribution in [2.24, 2.45) is 35.1 Å². The zero-order chi connectivity index (χ0) is 101. The summed E-state index contributed by atoms with van der Waals surface area (Å²) in [5, 5.41) is 99.4. The number of nitrogens with one attached hydrogen (secondary N) is 16. The van der Waals surface area contributed by atoms with Crippen LogP contribution in [0.1, 0.15) is 144 Å². The Bertz CT molecular complexity index is 5710. The van der Waals surface area contributed by atoms with Crippen LogP contribution >= 0.6 is 12.6 Å². The number of aliphatic hydroxyl groups is 4. The van der Waals surface area contributed by atoms with Crippen LogP contribution in [0, 0.1) is 34.5 Å². The molecular weight excluding hydrogens is 1820 g/mol. The quantitative estimate of drug-likeness (QED) is 0.0123. The normalized spacial score (nSPS) is 22.1. The van der Waals surface area contributed by atoms with Gasteiger partial charge in [0.05, 0.1) is 54.8 Å². The SMILES string of the molecule is C[C@@H](O)[C@@H]1CC(=O)[C@H](CS)NC(=O)C[C@@H](C(=O)N2CCC[C@H]2C(=O)N[C@@H](CCCNC(=N)N)C(=O)N[C@@H](CO)C(=O)O)CC(=O)[C@H](Cc2c[nH]c3ccccc23)NC(=O)[C@@H](NC(=O)[C@H](Cc2ccccc2)NC(=O)CO)CCCCCC(=O)[C@H](Cc2c[nH]c3ccccc23)NC(=O)[C@H](CCCNC(=N)N)CC(=O)[C@H](Cc2ccccc2)NC(=O)[C@H](Cc2c[nH]c3ccccc23)CC(=O)[C@H]([C@@H](C)O)NC1=O. The number of likely N-dealkylation sites (tertiary alicyclic amines) is 1. The average molecular weight is 1950 g/mol. The van der Waals surface area contributed by atoms with Crippen LogP contribution in [0.15, 0.2) is 152 Å². The van der Waals surface area contributed by atoms with Gasteiger partial charge in [0.1, 0.15) is 42.9 Å². The molecule has 5 heterocycles. The topological polar surface area (TPSA) is 657 Å². The Hall–Kier alpha value is -14.0. The summed E-state index contributed by atoms with van der Waals surface area (Å²) in [6.45, 7) is 0.0517. The number of carbonyl (C=O) groups is 16. The minimum absolute atomic E-state index is 0.0139. The molecule has 2 fully saturated rings. The van der Waals surface area contributed by atoms with Crippen molar-refractivity contribution in [2.75, 3.05) is 38.6 Å². The molecular formula is C99H127N19O21S. The number of benzene rings is 5. The van der Waals surface area contributed by atoms with Gasteiger partial charge < -0.3 is 115 Å². The molecule has 10 rings (SSSR count). The number of amides is 10. The number of aromatic amines is 3. The number of fused-ring (bicyclic) bond motifs is 3. The third-order valence-corrected chi connectivity index (χ3v) is 25.8. The number of aliphatic hydroxyl groups excluding tert-OH is 4. The van der Waals surface area contributed by atoms with Crippen LogP contribution in [-0.2, 0) is 109 Å². The van der Waals surface area contributed by atoms with Gasteiger partial charge in [-0.1, -0.05) is 128 Å². The molecule has 5 aromatic carbocycles. The van der Waals surface area contributed by atoms with Crippen LogP contribution < -0.4 is 70.0 Å². The smallest absolute Gasteiger partial charge is 0.328 e. The molecule has 750 valence electrons. The molecule has 0 spiro atoms. The molecule has 140 heavy (non-hydrogen) atoms. The van der Waals surface area contributed by atoms with Crippen molar-refractivity contribution in [3.63, 3.8) is 0 Å². The van der Waals surface area contributed by atoms with Gasteiger partial charge in [0.15, 0.2) is 40.8 Å². The highest BCUT2D eigenvalue weighted by Gasteiger charge is 2.44. The van der Waals surface area contributed by atoms with Crippen LogP contribution in [0.2, 0.25) is 0 Å². The molecule has 0 bridgehead atoms. The van der Waals surface area contributed by atoms with Gasteiger partial charge in [-0.15, -0.1) is 0 Å². The Morgan fingerprint density at radius 2 is 1.02 bits per heavy atom. The number of carboxylic acids is 1. The van der Waals surface area contributed by atoms with Gasteiger partial charge in [-0.25, -0.2) is 4.79 Å². The van der Waals surface area contributed by atoms with Gasteiger partial charge in [0.2, 0.25) is 59.1 Å². The number of hydrogen-bond donors (Lipinski definition) is 24. The number of para-hydroxylation sites is 3. The lowest BCUT2D eigenvalue weighted by Crippen LogP contribution is -2.57. The standard InChI is InChI=1S/C99H127N19O21S/c1-55(121)68-48-84(126)79(54-140)110-86(128)47-61(96(137)118-38-20-34-80(118)95(136)112-73(33-19-37-105-99(102)103)93(134)116-78(52-119)97(138)139)46-83(125)76(43-64-51-108-71-31-17-14-28-67(64)71)115-92(133)72(111-94(135)77(109-87(129)53-120)40-58-23-8-4-9-24-58)32-10-5-11-35-81(123)75(42-63-50-107-70-30-16-13-27-66(63)70)114-89(130)59(25-18-36-104-98(100)101)44-82(124)74(39-57-21-6-3-7-22-57)113-90(131)60(45-85(127)88(56(2)122)117-91(68)132)41-62-49-106-69-29-15-12-26-65(62)69/h3-4,6-9,12-17,21-24,26-31,49-51,55-56,59-61,68,72-80,88,106-108,119-122,140H,5,10-11,18-20,25,32-48,52-54H2,1-2H3,(H,109,129)(H,110,128)(H,111,135)(H,112,136)(H,113,131)(H,114,130)(H,115,133)(H,116,134)(H,117,132)(H,138,139)(H4,100,101,104)(H4,102,103,105)/t55-,56-,59-,60-,61+,68+,72+,73+,74+,75+,76+,77+,78+,79+,80+,88+/m1/s1. The van der Waals surface area contributed by atoms with Crippen LogP contribution in [0.3, 0.4) is 0 Å². The first-order valence-electron chi connectivity index (χ1n) is 47.1. The molecule has 0 unspecified atom stereocenters. The molecule has 10 amide bonds. The Balaban J connectivity index is 1.06. The van der Waals surface area contributed by atoms with E-state index in [1.54, 1.807) is 134 Å². The van der Waals surface area contributed by atoms with E-state index in [1.165, 1.54) is 6.92 Å². The molecule has 0 saturated carbocycles. The van der Waals surface area contributed by atoms with E-state index < -0.39 is 247 Å². The number of aromatic nitrogens is 3. The van der Waals surface area contributed by atoms with E-state index in [0.717, 1.165) is 17.2 Å². The number of Topliss-reactive ketones (excluding diaryl/α,β-unsaturated/α-hetero) is 5. The number of nitrogens with zero attached hydrogens (tertiary/aromatic N) is 1.